The Hall–Kier alpha value is -3.45. The number of amides is 1. The number of anilines is 1. The van der Waals surface area contributed by atoms with Crippen LogP contribution in [0.2, 0.25) is 0 Å². The lowest BCUT2D eigenvalue weighted by molar-refractivity contribution is -0.116. The van der Waals surface area contributed by atoms with Gasteiger partial charge in [-0.1, -0.05) is 42.4 Å². The van der Waals surface area contributed by atoms with E-state index in [1.165, 1.54) is 54.1 Å². The van der Waals surface area contributed by atoms with Gasteiger partial charge in [-0.15, -0.1) is 10.2 Å². The Morgan fingerprint density at radius 2 is 1.92 bits per heavy atom. The molecule has 0 radical (unpaired) electrons. The lowest BCUT2D eigenvalue weighted by atomic mass is 9.84. The van der Waals surface area contributed by atoms with E-state index < -0.39 is 11.6 Å². The van der Waals surface area contributed by atoms with Gasteiger partial charge in [0, 0.05) is 12.6 Å². The summed E-state index contributed by atoms with van der Waals surface area (Å²) in [6, 6.07) is 14.4. The molecule has 1 aromatic heterocycles. The fourth-order valence-corrected chi connectivity index (χ4v) is 7.03. The normalized spacial score (nSPS) is 20.5. The lowest BCUT2D eigenvalue weighted by Gasteiger charge is -2.30. The zero-order valence-corrected chi connectivity index (χ0v) is 22.6. The summed E-state index contributed by atoms with van der Waals surface area (Å²) in [4.78, 5) is 14.6. The number of halogens is 2. The van der Waals surface area contributed by atoms with Crippen molar-refractivity contribution in [2.75, 3.05) is 17.2 Å². The Morgan fingerprint density at radius 1 is 1.15 bits per heavy atom. The van der Waals surface area contributed by atoms with E-state index in [0.717, 1.165) is 12.3 Å². The maximum atomic E-state index is 14.5. The van der Waals surface area contributed by atoms with Crippen molar-refractivity contribution in [3.8, 4) is 11.8 Å². The molecule has 204 valence electrons. The van der Waals surface area contributed by atoms with Crippen molar-refractivity contribution in [1.82, 2.24) is 14.8 Å². The van der Waals surface area contributed by atoms with Gasteiger partial charge in [-0.25, -0.2) is 8.78 Å². The number of carbonyl (C=O) groups excluding carboxylic acids is 1. The summed E-state index contributed by atoms with van der Waals surface area (Å²) < 4.78 is 36.5. The Kier molecular flexibility index (Phi) is 8.46. The number of benzene rings is 2. The minimum absolute atomic E-state index is 0.00446. The first kappa shape index (κ1) is 27.1. The van der Waals surface area contributed by atoms with Crippen LogP contribution in [0.1, 0.15) is 50.9 Å². The van der Waals surface area contributed by atoms with Gasteiger partial charge in [0.15, 0.2) is 22.5 Å². The van der Waals surface area contributed by atoms with Crippen molar-refractivity contribution in [2.24, 2.45) is 17.8 Å². The lowest BCUT2D eigenvalue weighted by Crippen LogP contribution is -2.34. The molecule has 2 saturated carbocycles. The number of nitriles is 1. The molecule has 0 N–H and O–H groups in total. The topological polar surface area (TPSA) is 84.0 Å². The van der Waals surface area contributed by atoms with Crippen LogP contribution in [0.15, 0.2) is 53.7 Å². The molecule has 2 fully saturated rings. The summed E-state index contributed by atoms with van der Waals surface area (Å²) in [6.07, 6.45) is 4.98. The zero-order valence-electron chi connectivity index (χ0n) is 21.8. The summed E-state index contributed by atoms with van der Waals surface area (Å²) >= 11 is 1.23. The van der Waals surface area contributed by atoms with Crippen molar-refractivity contribution < 1.29 is 18.3 Å². The third-order valence-corrected chi connectivity index (χ3v) is 8.89. The predicted octanol–water partition coefficient (Wildman–Crippen LogP) is 6.17. The highest BCUT2D eigenvalue weighted by Crippen LogP contribution is 2.52. The Bertz CT molecular complexity index is 1360. The molecule has 0 unspecified atom stereocenters. The molecule has 1 heterocycles. The Morgan fingerprint density at radius 3 is 2.62 bits per heavy atom. The number of thioether (sulfide) groups is 1. The van der Waals surface area contributed by atoms with Crippen LogP contribution in [0.5, 0.6) is 5.75 Å². The van der Waals surface area contributed by atoms with Crippen LogP contribution in [-0.4, -0.2) is 33.0 Å². The number of hydrogen-bond donors (Lipinski definition) is 0. The minimum atomic E-state index is -0.519. The molecule has 39 heavy (non-hydrogen) atoms. The van der Waals surface area contributed by atoms with Crippen molar-refractivity contribution in [1.29, 1.82) is 5.26 Å². The molecule has 1 amide bonds. The first-order chi connectivity index (χ1) is 19.0. The smallest absolute Gasteiger partial charge is 0.237 e. The third kappa shape index (κ3) is 5.93. The molecule has 0 spiro atoms. The monoisotopic (exact) mass is 551 g/mol. The number of rotatable bonds is 11. The van der Waals surface area contributed by atoms with Gasteiger partial charge < -0.3 is 9.64 Å². The van der Waals surface area contributed by atoms with E-state index in [0.29, 0.717) is 22.8 Å². The van der Waals surface area contributed by atoms with Gasteiger partial charge in [-0.3, -0.25) is 9.36 Å². The van der Waals surface area contributed by atoms with Gasteiger partial charge in [0.05, 0.1) is 23.9 Å². The van der Waals surface area contributed by atoms with Crippen molar-refractivity contribution in [3.05, 3.63) is 66.0 Å². The van der Waals surface area contributed by atoms with E-state index >= 15 is 0 Å². The summed E-state index contributed by atoms with van der Waals surface area (Å²) in [5.74, 6) is 1.28. The second-order valence-corrected chi connectivity index (χ2v) is 11.2. The zero-order chi connectivity index (χ0) is 27.4. The maximum Gasteiger partial charge on any atom is 0.237 e. The number of nitrogens with zero attached hydrogens (tertiary/aromatic N) is 5. The van der Waals surface area contributed by atoms with E-state index in [-0.39, 0.29) is 48.7 Å². The summed E-state index contributed by atoms with van der Waals surface area (Å²) in [5.41, 5.74) is 0.147. The molecule has 3 aromatic rings. The van der Waals surface area contributed by atoms with Crippen LogP contribution in [0.25, 0.3) is 0 Å². The van der Waals surface area contributed by atoms with Gasteiger partial charge in [-0.2, -0.15) is 5.26 Å². The number of para-hydroxylation sites is 2. The van der Waals surface area contributed by atoms with Crippen molar-refractivity contribution in [2.45, 2.75) is 56.8 Å². The molecule has 7 nitrogen and oxygen atoms in total. The molecule has 2 bridgehead atoms. The summed E-state index contributed by atoms with van der Waals surface area (Å²) in [7, 11) is 0. The van der Waals surface area contributed by atoms with E-state index in [2.05, 4.69) is 17.1 Å². The molecule has 2 aromatic carbocycles. The largest absolute Gasteiger partial charge is 0.483 e. The van der Waals surface area contributed by atoms with Gasteiger partial charge in [0.25, 0.3) is 0 Å². The highest BCUT2D eigenvalue weighted by molar-refractivity contribution is 7.99. The summed E-state index contributed by atoms with van der Waals surface area (Å²) in [5, 5.41) is 18.4. The van der Waals surface area contributed by atoms with E-state index in [4.69, 9.17) is 10.00 Å². The van der Waals surface area contributed by atoms with Crippen LogP contribution in [0.4, 0.5) is 14.5 Å². The first-order valence-corrected chi connectivity index (χ1v) is 14.3. The first-order valence-electron chi connectivity index (χ1n) is 13.3. The van der Waals surface area contributed by atoms with Gasteiger partial charge in [-0.05, 0) is 68.2 Å². The second-order valence-electron chi connectivity index (χ2n) is 10.3. The van der Waals surface area contributed by atoms with E-state index in [9.17, 15) is 13.6 Å². The highest BCUT2D eigenvalue weighted by Gasteiger charge is 2.43. The van der Waals surface area contributed by atoms with Gasteiger partial charge in [0.2, 0.25) is 5.91 Å². The van der Waals surface area contributed by atoms with Gasteiger partial charge in [0.1, 0.15) is 12.4 Å². The summed E-state index contributed by atoms with van der Waals surface area (Å²) in [6.45, 7) is 2.29. The van der Waals surface area contributed by atoms with E-state index in [1.54, 1.807) is 30.3 Å². The third-order valence-electron chi connectivity index (χ3n) is 7.96. The standard InChI is InChI=1S/C29H31F2N5O2S/c1-19(22-16-20-11-12-21(22)15-20)36-27(17-38-26-10-5-3-8-24(26)31)33-34-29(36)39-18-28(37)35(14-6-13-32)25-9-4-2-7-23(25)30/h2-5,7-10,19-22H,6,11-12,14-18H2,1H3/t19-,20+,21+,22+/m0/s1. The number of hydrogen-bond acceptors (Lipinski definition) is 6. The van der Waals surface area contributed by atoms with E-state index in [1.807, 2.05) is 10.6 Å². The van der Waals surface area contributed by atoms with Gasteiger partial charge >= 0.3 is 0 Å². The van der Waals surface area contributed by atoms with Crippen LogP contribution in [-0.2, 0) is 11.4 Å². The average molecular weight is 552 g/mol. The average Bonchev–Trinajstić information content (AvgIpc) is 3.68. The van der Waals surface area contributed by atoms with Crippen LogP contribution in [0.3, 0.4) is 0 Å². The van der Waals surface area contributed by atoms with Crippen molar-refractivity contribution >= 4 is 23.4 Å². The predicted molar refractivity (Wildman–Crippen MR) is 144 cm³/mol. The van der Waals surface area contributed by atoms with Crippen LogP contribution >= 0.6 is 11.8 Å². The molecular weight excluding hydrogens is 520 g/mol. The molecule has 10 heteroatoms. The Balaban J connectivity index is 1.37. The minimum Gasteiger partial charge on any atom is -0.483 e. The maximum absolute atomic E-state index is 14.5. The molecular formula is C29H31F2N5O2S. The molecule has 5 rings (SSSR count). The number of aromatic nitrogens is 3. The van der Waals surface area contributed by atoms with Crippen LogP contribution in [0, 0.1) is 40.7 Å². The SMILES string of the molecule is C[C@@H]([C@H]1C[C@@H]2CC[C@@H]1C2)n1c(COc2ccccc2F)nnc1SCC(=O)N(CCC#N)c1ccccc1F. The molecule has 4 atom stereocenters. The molecule has 0 aliphatic heterocycles. The van der Waals surface area contributed by atoms with Crippen molar-refractivity contribution in [3.63, 3.8) is 0 Å². The fraction of sp³-hybridized carbons (Fsp3) is 0.448. The number of carbonyl (C=O) groups is 1. The molecule has 2 aliphatic carbocycles. The fourth-order valence-electron chi connectivity index (χ4n) is 6.11. The number of fused-ring (bicyclic) bond motifs is 2. The molecule has 2 aliphatic rings. The van der Waals surface area contributed by atoms with Crippen LogP contribution < -0.4 is 9.64 Å². The highest BCUT2D eigenvalue weighted by atomic mass is 32.2. The second kappa shape index (κ2) is 12.2. The Labute approximate surface area is 231 Å². The molecule has 0 saturated heterocycles. The number of ether oxygens (including phenoxy) is 1. The quantitative estimate of drug-likeness (QED) is 0.265.